The monoisotopic (exact) mass is 242 g/mol. The fourth-order valence-corrected chi connectivity index (χ4v) is 2.85. The van der Waals surface area contributed by atoms with Gasteiger partial charge >= 0.3 is 0 Å². The highest BCUT2D eigenvalue weighted by Crippen LogP contribution is 2.29. The smallest absolute Gasteiger partial charge is 0.242 e. The first-order valence-electron chi connectivity index (χ1n) is 6.40. The van der Waals surface area contributed by atoms with Crippen LogP contribution in [-0.2, 0) is 9.53 Å². The summed E-state index contributed by atoms with van der Waals surface area (Å²) >= 11 is 0. The van der Waals surface area contributed by atoms with E-state index < -0.39 is 5.54 Å². The number of rotatable bonds is 2. The molecule has 0 radical (unpaired) electrons. The minimum absolute atomic E-state index is 0.0311. The summed E-state index contributed by atoms with van der Waals surface area (Å²) < 4.78 is 5.53. The minimum atomic E-state index is -0.670. The Morgan fingerprint density at radius 1 is 1.47 bits per heavy atom. The lowest BCUT2D eigenvalue weighted by molar-refractivity contribution is -0.152. The quantitative estimate of drug-likeness (QED) is 0.707. The Hall–Kier alpha value is -0.650. The van der Waals surface area contributed by atoms with Gasteiger partial charge in [-0.25, -0.2) is 0 Å². The van der Waals surface area contributed by atoms with E-state index in [1.807, 2.05) is 6.92 Å². The number of aliphatic hydroxyl groups excluding tert-OH is 1. The average molecular weight is 242 g/mol. The van der Waals surface area contributed by atoms with Gasteiger partial charge in [-0.2, -0.15) is 0 Å². The second-order valence-corrected chi connectivity index (χ2v) is 5.32. The average Bonchev–Trinajstić information content (AvgIpc) is 2.75. The molecule has 0 spiro atoms. The Bertz CT molecular complexity index is 289. The van der Waals surface area contributed by atoms with Crippen molar-refractivity contribution in [2.45, 2.75) is 50.4 Å². The first kappa shape index (κ1) is 12.8. The number of hydrogen-bond acceptors (Lipinski definition) is 4. The van der Waals surface area contributed by atoms with E-state index in [0.717, 1.165) is 25.7 Å². The van der Waals surface area contributed by atoms with E-state index in [2.05, 4.69) is 0 Å². The highest BCUT2D eigenvalue weighted by atomic mass is 16.5. The van der Waals surface area contributed by atoms with Gasteiger partial charge in [0.1, 0.15) is 0 Å². The number of amides is 1. The van der Waals surface area contributed by atoms with Gasteiger partial charge in [0.05, 0.1) is 24.4 Å². The van der Waals surface area contributed by atoms with Crippen molar-refractivity contribution >= 4 is 5.91 Å². The van der Waals surface area contributed by atoms with Crippen molar-refractivity contribution in [2.24, 2.45) is 5.73 Å². The Morgan fingerprint density at radius 2 is 2.12 bits per heavy atom. The molecule has 2 aliphatic rings. The van der Waals surface area contributed by atoms with Crippen LogP contribution in [0.25, 0.3) is 0 Å². The number of aliphatic hydroxyl groups is 1. The highest BCUT2D eigenvalue weighted by Gasteiger charge is 2.41. The molecular formula is C12H22N2O3. The number of ether oxygens (including phenoxy) is 1. The second kappa shape index (κ2) is 4.92. The van der Waals surface area contributed by atoms with Crippen LogP contribution in [0.4, 0.5) is 0 Å². The maximum Gasteiger partial charge on any atom is 0.242 e. The van der Waals surface area contributed by atoms with Crippen LogP contribution in [-0.4, -0.2) is 53.4 Å². The zero-order valence-electron chi connectivity index (χ0n) is 10.4. The third kappa shape index (κ3) is 2.61. The summed E-state index contributed by atoms with van der Waals surface area (Å²) in [5.74, 6) is 0.0311. The molecule has 17 heavy (non-hydrogen) atoms. The van der Waals surface area contributed by atoms with Gasteiger partial charge < -0.3 is 20.5 Å². The van der Waals surface area contributed by atoms with Crippen molar-refractivity contribution in [3.05, 3.63) is 0 Å². The van der Waals surface area contributed by atoms with Crippen molar-refractivity contribution in [1.82, 2.24) is 4.90 Å². The Labute approximate surface area is 102 Å². The molecule has 1 aliphatic carbocycles. The van der Waals surface area contributed by atoms with Crippen LogP contribution in [0.3, 0.4) is 0 Å². The molecule has 1 aliphatic heterocycles. The zero-order valence-corrected chi connectivity index (χ0v) is 10.4. The van der Waals surface area contributed by atoms with Gasteiger partial charge in [0.2, 0.25) is 5.91 Å². The topological polar surface area (TPSA) is 75.8 Å². The molecule has 1 saturated heterocycles. The van der Waals surface area contributed by atoms with Crippen LogP contribution in [0.5, 0.6) is 0 Å². The van der Waals surface area contributed by atoms with E-state index in [-0.39, 0.29) is 24.7 Å². The number of hydrogen-bond donors (Lipinski definition) is 2. The summed E-state index contributed by atoms with van der Waals surface area (Å²) in [4.78, 5) is 14.2. The molecule has 5 heteroatoms. The standard InChI is InChI=1S/C12H22N2O3/c1-9-6-14(7-10(8-15)17-9)11(16)12(13)4-2-3-5-12/h9-10,15H,2-8,13H2,1H3. The largest absolute Gasteiger partial charge is 0.394 e. The maximum atomic E-state index is 12.4. The molecule has 2 unspecified atom stereocenters. The zero-order chi connectivity index (χ0) is 12.5. The Balaban J connectivity index is 2.03. The molecule has 0 aromatic rings. The highest BCUT2D eigenvalue weighted by molar-refractivity contribution is 5.86. The lowest BCUT2D eigenvalue weighted by Crippen LogP contribution is -2.59. The van der Waals surface area contributed by atoms with Crippen LogP contribution >= 0.6 is 0 Å². The number of nitrogens with zero attached hydrogens (tertiary/aromatic N) is 1. The van der Waals surface area contributed by atoms with Crippen LogP contribution in [0.1, 0.15) is 32.6 Å². The van der Waals surface area contributed by atoms with Crippen LogP contribution in [0.15, 0.2) is 0 Å². The predicted octanol–water partition coefficient (Wildman–Crippen LogP) is -0.134. The van der Waals surface area contributed by atoms with Crippen molar-refractivity contribution in [1.29, 1.82) is 0 Å². The van der Waals surface area contributed by atoms with Crippen LogP contribution in [0, 0.1) is 0 Å². The predicted molar refractivity (Wildman–Crippen MR) is 63.4 cm³/mol. The van der Waals surface area contributed by atoms with Gasteiger partial charge in [-0.3, -0.25) is 4.79 Å². The summed E-state index contributed by atoms with van der Waals surface area (Å²) in [7, 11) is 0. The Morgan fingerprint density at radius 3 is 2.71 bits per heavy atom. The van der Waals surface area contributed by atoms with Crippen molar-refractivity contribution in [3.63, 3.8) is 0 Å². The molecular weight excluding hydrogens is 220 g/mol. The third-order valence-electron chi connectivity index (χ3n) is 3.74. The molecule has 1 amide bonds. The molecule has 2 rings (SSSR count). The van der Waals surface area contributed by atoms with Crippen LogP contribution < -0.4 is 5.73 Å². The first-order chi connectivity index (χ1) is 8.05. The second-order valence-electron chi connectivity index (χ2n) is 5.32. The van der Waals surface area contributed by atoms with Crippen molar-refractivity contribution in [3.8, 4) is 0 Å². The third-order valence-corrected chi connectivity index (χ3v) is 3.74. The van der Waals surface area contributed by atoms with E-state index in [4.69, 9.17) is 15.6 Å². The van der Waals surface area contributed by atoms with E-state index in [9.17, 15) is 4.79 Å². The first-order valence-corrected chi connectivity index (χ1v) is 6.40. The Kier molecular flexibility index (Phi) is 3.70. The van der Waals surface area contributed by atoms with E-state index >= 15 is 0 Å². The minimum Gasteiger partial charge on any atom is -0.394 e. The molecule has 5 nitrogen and oxygen atoms in total. The van der Waals surface area contributed by atoms with Crippen LogP contribution in [0.2, 0.25) is 0 Å². The van der Waals surface area contributed by atoms with Gasteiger partial charge in [-0.1, -0.05) is 12.8 Å². The molecule has 0 bridgehead atoms. The normalized spacial score (nSPS) is 32.8. The number of carbonyl (C=O) groups excluding carboxylic acids is 1. The summed E-state index contributed by atoms with van der Waals surface area (Å²) in [6, 6.07) is 0. The fraction of sp³-hybridized carbons (Fsp3) is 0.917. The number of morpholine rings is 1. The summed E-state index contributed by atoms with van der Waals surface area (Å²) in [6.45, 7) is 2.90. The SMILES string of the molecule is CC1CN(C(=O)C2(N)CCCC2)CC(CO)O1. The van der Waals surface area contributed by atoms with E-state index in [1.165, 1.54) is 0 Å². The van der Waals surface area contributed by atoms with E-state index in [1.54, 1.807) is 4.90 Å². The summed E-state index contributed by atoms with van der Waals surface area (Å²) in [6.07, 6.45) is 3.32. The van der Waals surface area contributed by atoms with Crippen molar-refractivity contribution in [2.75, 3.05) is 19.7 Å². The molecule has 2 atom stereocenters. The maximum absolute atomic E-state index is 12.4. The molecule has 3 N–H and O–H groups in total. The molecule has 0 aromatic carbocycles. The number of nitrogens with two attached hydrogens (primary N) is 1. The lowest BCUT2D eigenvalue weighted by atomic mass is 9.96. The fourth-order valence-electron chi connectivity index (χ4n) is 2.85. The molecule has 1 saturated carbocycles. The molecule has 2 fully saturated rings. The summed E-state index contributed by atoms with van der Waals surface area (Å²) in [5.41, 5.74) is 5.50. The van der Waals surface area contributed by atoms with Gasteiger partial charge in [-0.05, 0) is 19.8 Å². The van der Waals surface area contributed by atoms with Gasteiger partial charge in [-0.15, -0.1) is 0 Å². The van der Waals surface area contributed by atoms with Crippen molar-refractivity contribution < 1.29 is 14.6 Å². The lowest BCUT2D eigenvalue weighted by Gasteiger charge is -2.39. The van der Waals surface area contributed by atoms with E-state index in [0.29, 0.717) is 13.1 Å². The van der Waals surface area contributed by atoms with Gasteiger partial charge in [0.25, 0.3) is 0 Å². The molecule has 1 heterocycles. The van der Waals surface area contributed by atoms with Gasteiger partial charge in [0.15, 0.2) is 0 Å². The molecule has 0 aromatic heterocycles. The summed E-state index contributed by atoms with van der Waals surface area (Å²) in [5, 5.41) is 9.14. The number of carbonyl (C=O) groups is 1. The molecule has 98 valence electrons. The van der Waals surface area contributed by atoms with Gasteiger partial charge in [0, 0.05) is 13.1 Å².